The Bertz CT molecular complexity index is 789. The number of nitrogens with zero attached hydrogens (tertiary/aromatic N) is 1. The van der Waals surface area contributed by atoms with Crippen LogP contribution in [0.4, 0.5) is 11.4 Å². The highest BCUT2D eigenvalue weighted by Gasteiger charge is 2.15. The van der Waals surface area contributed by atoms with Crippen LogP contribution >= 0.6 is 0 Å². The van der Waals surface area contributed by atoms with Crippen LogP contribution in [0.15, 0.2) is 60.7 Å². The highest BCUT2D eigenvalue weighted by Crippen LogP contribution is 2.25. The molecular formula is C18H18N2O5. The van der Waals surface area contributed by atoms with Crippen LogP contribution in [0, 0.1) is 10.1 Å². The lowest BCUT2D eigenvalue weighted by atomic mass is 10.3. The molecule has 2 rings (SSSR count). The first-order chi connectivity index (χ1) is 12.0. The fourth-order valence-corrected chi connectivity index (χ4v) is 1.94. The van der Waals surface area contributed by atoms with Crippen LogP contribution < -0.4 is 14.8 Å². The minimum absolute atomic E-state index is 0.0428. The number of hydrogen-bond donors (Lipinski definition) is 1. The quantitative estimate of drug-likeness (QED) is 0.450. The predicted molar refractivity (Wildman–Crippen MR) is 94.0 cm³/mol. The topological polar surface area (TPSA) is 90.7 Å². The zero-order valence-corrected chi connectivity index (χ0v) is 13.7. The van der Waals surface area contributed by atoms with Crippen LogP contribution in [-0.2, 0) is 4.79 Å². The van der Waals surface area contributed by atoms with E-state index in [0.29, 0.717) is 18.0 Å². The van der Waals surface area contributed by atoms with Gasteiger partial charge in [-0.3, -0.25) is 14.9 Å². The van der Waals surface area contributed by atoms with Gasteiger partial charge in [0.15, 0.2) is 12.4 Å². The third kappa shape index (κ3) is 5.65. The molecule has 2 aromatic carbocycles. The van der Waals surface area contributed by atoms with Gasteiger partial charge in [0, 0.05) is 17.8 Å². The van der Waals surface area contributed by atoms with Gasteiger partial charge in [-0.05, 0) is 30.7 Å². The molecule has 0 spiro atoms. The van der Waals surface area contributed by atoms with Crippen molar-refractivity contribution in [3.63, 3.8) is 0 Å². The number of nitro benzene ring substituents is 1. The van der Waals surface area contributed by atoms with Crippen LogP contribution in [0.25, 0.3) is 0 Å². The van der Waals surface area contributed by atoms with Crippen molar-refractivity contribution in [2.24, 2.45) is 0 Å². The normalized spacial score (nSPS) is 9.96. The van der Waals surface area contributed by atoms with E-state index in [-0.39, 0.29) is 18.0 Å². The fourth-order valence-electron chi connectivity index (χ4n) is 1.94. The summed E-state index contributed by atoms with van der Waals surface area (Å²) in [4.78, 5) is 22.3. The molecule has 0 radical (unpaired) electrons. The zero-order chi connectivity index (χ0) is 18.2. The van der Waals surface area contributed by atoms with Crippen LogP contribution in [0.1, 0.15) is 6.92 Å². The molecule has 0 aliphatic carbocycles. The number of hydrogen-bond acceptors (Lipinski definition) is 5. The van der Waals surface area contributed by atoms with E-state index in [4.69, 9.17) is 9.47 Å². The highest BCUT2D eigenvalue weighted by atomic mass is 16.6. The number of ether oxygens (including phenoxy) is 2. The number of carbonyl (C=O) groups is 1. The van der Waals surface area contributed by atoms with Crippen LogP contribution in [0.3, 0.4) is 0 Å². The van der Waals surface area contributed by atoms with Gasteiger partial charge in [0.05, 0.1) is 4.92 Å². The van der Waals surface area contributed by atoms with E-state index in [0.717, 1.165) is 5.57 Å². The average molecular weight is 342 g/mol. The number of nitrogens with one attached hydrogen (secondary N) is 1. The van der Waals surface area contributed by atoms with E-state index in [2.05, 4.69) is 11.9 Å². The van der Waals surface area contributed by atoms with Crippen molar-refractivity contribution in [1.29, 1.82) is 0 Å². The smallest absolute Gasteiger partial charge is 0.310 e. The van der Waals surface area contributed by atoms with Gasteiger partial charge in [-0.2, -0.15) is 0 Å². The van der Waals surface area contributed by atoms with Crippen LogP contribution in [0.2, 0.25) is 0 Å². The van der Waals surface area contributed by atoms with Crippen molar-refractivity contribution >= 4 is 17.3 Å². The maximum absolute atomic E-state index is 12.0. The number of amides is 1. The molecule has 1 N–H and O–H groups in total. The van der Waals surface area contributed by atoms with Crippen molar-refractivity contribution < 1.29 is 19.2 Å². The Hall–Kier alpha value is -3.35. The third-order valence-electron chi connectivity index (χ3n) is 3.02. The molecule has 0 fully saturated rings. The molecule has 2 aromatic rings. The number of benzene rings is 2. The summed E-state index contributed by atoms with van der Waals surface area (Å²) < 4.78 is 10.7. The fraction of sp³-hybridized carbons (Fsp3) is 0.167. The molecule has 1 amide bonds. The lowest BCUT2D eigenvalue weighted by Gasteiger charge is -2.10. The summed E-state index contributed by atoms with van der Waals surface area (Å²) in [7, 11) is 0. The van der Waals surface area contributed by atoms with Crippen molar-refractivity contribution in [2.45, 2.75) is 6.92 Å². The van der Waals surface area contributed by atoms with Crippen LogP contribution in [-0.4, -0.2) is 24.0 Å². The lowest BCUT2D eigenvalue weighted by Crippen LogP contribution is -2.20. The second kappa shape index (κ2) is 8.49. The summed E-state index contributed by atoms with van der Waals surface area (Å²) in [6, 6.07) is 12.8. The Morgan fingerprint density at radius 1 is 1.16 bits per heavy atom. The van der Waals surface area contributed by atoms with Gasteiger partial charge < -0.3 is 14.8 Å². The van der Waals surface area contributed by atoms with Crippen LogP contribution in [0.5, 0.6) is 11.5 Å². The summed E-state index contributed by atoms with van der Waals surface area (Å²) in [5, 5.41) is 13.6. The molecule has 0 unspecified atom stereocenters. The van der Waals surface area contributed by atoms with Crippen molar-refractivity contribution in [2.75, 3.05) is 18.5 Å². The molecule has 0 saturated carbocycles. The Kier molecular flexibility index (Phi) is 6.11. The Balaban J connectivity index is 1.94. The summed E-state index contributed by atoms with van der Waals surface area (Å²) in [6.45, 7) is 5.65. The first-order valence-corrected chi connectivity index (χ1v) is 7.49. The maximum Gasteiger partial charge on any atom is 0.310 e. The molecule has 0 aromatic heterocycles. The molecule has 7 nitrogen and oxygen atoms in total. The van der Waals surface area contributed by atoms with Gasteiger partial charge in [0.2, 0.25) is 0 Å². The zero-order valence-electron chi connectivity index (χ0n) is 13.7. The molecule has 130 valence electrons. The van der Waals surface area contributed by atoms with Crippen molar-refractivity contribution in [3.8, 4) is 11.5 Å². The first kappa shape index (κ1) is 18.0. The molecule has 0 aliphatic rings. The van der Waals surface area contributed by atoms with E-state index in [1.54, 1.807) is 30.3 Å². The summed E-state index contributed by atoms with van der Waals surface area (Å²) in [5.41, 5.74) is 1.23. The van der Waals surface area contributed by atoms with E-state index >= 15 is 0 Å². The summed E-state index contributed by atoms with van der Waals surface area (Å²) >= 11 is 0. The lowest BCUT2D eigenvalue weighted by molar-refractivity contribution is -0.385. The minimum atomic E-state index is -0.560. The van der Waals surface area contributed by atoms with E-state index in [1.807, 2.05) is 6.92 Å². The van der Waals surface area contributed by atoms with Gasteiger partial charge in [-0.25, -0.2) is 0 Å². The summed E-state index contributed by atoms with van der Waals surface area (Å²) in [5.74, 6) is 0.205. The first-order valence-electron chi connectivity index (χ1n) is 7.49. The molecule has 0 atom stereocenters. The maximum atomic E-state index is 12.0. The average Bonchev–Trinajstić information content (AvgIpc) is 2.58. The molecule has 0 aliphatic heterocycles. The standard InChI is InChI=1S/C18H18N2O5/c1-13(2)11-24-15-7-5-6-14(10-15)19-18(21)12-25-17-9-4-3-8-16(17)20(22)23/h3-10H,1,11-12H2,2H3,(H,19,21). The minimum Gasteiger partial charge on any atom is -0.489 e. The highest BCUT2D eigenvalue weighted by molar-refractivity contribution is 5.92. The molecule has 7 heteroatoms. The summed E-state index contributed by atoms with van der Waals surface area (Å²) in [6.07, 6.45) is 0. The number of carbonyl (C=O) groups excluding carboxylic acids is 1. The van der Waals surface area contributed by atoms with Gasteiger partial charge >= 0.3 is 5.69 Å². The number of nitro groups is 1. The molecule has 25 heavy (non-hydrogen) atoms. The Morgan fingerprint density at radius 2 is 1.92 bits per heavy atom. The van der Waals surface area contributed by atoms with Gasteiger partial charge in [-0.15, -0.1) is 0 Å². The van der Waals surface area contributed by atoms with Gasteiger partial charge in [0.1, 0.15) is 12.4 Å². The number of rotatable bonds is 8. The molecule has 0 saturated heterocycles. The molecular weight excluding hydrogens is 324 g/mol. The Morgan fingerprint density at radius 3 is 2.64 bits per heavy atom. The largest absolute Gasteiger partial charge is 0.489 e. The number of para-hydroxylation sites is 2. The third-order valence-corrected chi connectivity index (χ3v) is 3.02. The van der Waals surface area contributed by atoms with Gasteiger partial charge in [0.25, 0.3) is 5.91 Å². The molecule has 0 bridgehead atoms. The molecule has 0 heterocycles. The monoisotopic (exact) mass is 342 g/mol. The van der Waals surface area contributed by atoms with Crippen molar-refractivity contribution in [3.05, 3.63) is 70.8 Å². The van der Waals surface area contributed by atoms with Gasteiger partial charge in [-0.1, -0.05) is 24.8 Å². The van der Waals surface area contributed by atoms with E-state index in [9.17, 15) is 14.9 Å². The predicted octanol–water partition coefficient (Wildman–Crippen LogP) is 3.57. The second-order valence-corrected chi connectivity index (χ2v) is 5.34. The number of anilines is 1. The van der Waals surface area contributed by atoms with E-state index < -0.39 is 10.8 Å². The Labute approximate surface area is 145 Å². The second-order valence-electron chi connectivity index (χ2n) is 5.34. The SMILES string of the molecule is C=C(C)COc1cccc(NC(=O)COc2ccccc2[N+](=O)[O-])c1. The van der Waals surface area contributed by atoms with E-state index in [1.165, 1.54) is 18.2 Å². The van der Waals surface area contributed by atoms with Crippen molar-refractivity contribution in [1.82, 2.24) is 0 Å².